The van der Waals surface area contributed by atoms with Crippen LogP contribution in [0, 0.1) is 5.82 Å². The number of aliphatic imine (C=N–C) groups is 1. The zero-order valence-electron chi connectivity index (χ0n) is 18.2. The van der Waals surface area contributed by atoms with Crippen LogP contribution in [-0.4, -0.2) is 69.8 Å². The summed E-state index contributed by atoms with van der Waals surface area (Å²) in [6.07, 6.45) is 0.780. The third-order valence-corrected chi connectivity index (χ3v) is 5.97. The Kier molecular flexibility index (Phi) is 11.9. The second-order valence-corrected chi connectivity index (χ2v) is 8.13. The van der Waals surface area contributed by atoms with E-state index in [1.807, 2.05) is 29.6 Å². The van der Waals surface area contributed by atoms with E-state index in [4.69, 9.17) is 4.74 Å². The van der Waals surface area contributed by atoms with E-state index in [-0.39, 0.29) is 41.7 Å². The SMILES string of the molecule is CN=C(NCCCNC(=O)c1cccs1)NCC(c1ccc(F)cc1)N1CCOCC1.I. The molecule has 10 heteroatoms. The van der Waals surface area contributed by atoms with E-state index in [1.165, 1.54) is 23.5 Å². The molecule has 0 saturated carbocycles. The maximum atomic E-state index is 13.4. The molecule has 0 bridgehead atoms. The van der Waals surface area contributed by atoms with Gasteiger partial charge in [-0.2, -0.15) is 0 Å². The summed E-state index contributed by atoms with van der Waals surface area (Å²) in [5.41, 5.74) is 1.06. The van der Waals surface area contributed by atoms with E-state index in [9.17, 15) is 9.18 Å². The molecule has 32 heavy (non-hydrogen) atoms. The molecular formula is C22H31FIN5O2S. The summed E-state index contributed by atoms with van der Waals surface area (Å²) in [5.74, 6) is 0.427. The van der Waals surface area contributed by atoms with E-state index < -0.39 is 0 Å². The zero-order chi connectivity index (χ0) is 21.9. The van der Waals surface area contributed by atoms with Crippen LogP contribution in [0.1, 0.15) is 27.7 Å². The van der Waals surface area contributed by atoms with Crippen molar-refractivity contribution in [1.29, 1.82) is 0 Å². The Morgan fingerprint density at radius 1 is 1.16 bits per heavy atom. The van der Waals surface area contributed by atoms with Gasteiger partial charge in [0, 0.05) is 39.8 Å². The molecule has 1 saturated heterocycles. The van der Waals surface area contributed by atoms with Crippen molar-refractivity contribution in [3.8, 4) is 0 Å². The molecule has 1 fully saturated rings. The van der Waals surface area contributed by atoms with Crippen molar-refractivity contribution in [3.05, 3.63) is 58.0 Å². The lowest BCUT2D eigenvalue weighted by atomic mass is 10.0. The van der Waals surface area contributed by atoms with Gasteiger partial charge in [0.1, 0.15) is 5.82 Å². The molecule has 3 N–H and O–H groups in total. The Morgan fingerprint density at radius 2 is 1.88 bits per heavy atom. The number of nitrogens with zero attached hydrogens (tertiary/aromatic N) is 2. The second kappa shape index (κ2) is 14.4. The Bertz CT molecular complexity index is 829. The lowest BCUT2D eigenvalue weighted by molar-refractivity contribution is 0.0170. The first-order chi connectivity index (χ1) is 15.2. The van der Waals surface area contributed by atoms with Crippen LogP contribution < -0.4 is 16.0 Å². The fraction of sp³-hybridized carbons (Fsp3) is 0.455. The third kappa shape index (κ3) is 8.30. The van der Waals surface area contributed by atoms with Gasteiger partial charge in [-0.3, -0.25) is 14.7 Å². The molecule has 1 atom stereocenters. The average Bonchev–Trinajstić information content (AvgIpc) is 3.34. The highest BCUT2D eigenvalue weighted by atomic mass is 127. The predicted octanol–water partition coefficient (Wildman–Crippen LogP) is 2.86. The largest absolute Gasteiger partial charge is 0.379 e. The average molecular weight is 575 g/mol. The van der Waals surface area contributed by atoms with Crippen LogP contribution >= 0.6 is 35.3 Å². The number of thiophene rings is 1. The second-order valence-electron chi connectivity index (χ2n) is 7.18. The molecule has 2 aromatic rings. The topological polar surface area (TPSA) is 78.0 Å². The number of hydrogen-bond acceptors (Lipinski definition) is 5. The first-order valence-corrected chi connectivity index (χ1v) is 11.4. The monoisotopic (exact) mass is 575 g/mol. The first kappa shape index (κ1) is 26.5. The smallest absolute Gasteiger partial charge is 0.261 e. The van der Waals surface area contributed by atoms with Gasteiger partial charge in [0.2, 0.25) is 0 Å². The van der Waals surface area contributed by atoms with E-state index in [0.717, 1.165) is 30.0 Å². The van der Waals surface area contributed by atoms with Crippen LogP contribution in [-0.2, 0) is 4.74 Å². The summed E-state index contributed by atoms with van der Waals surface area (Å²) in [5, 5.41) is 11.5. The van der Waals surface area contributed by atoms with Crippen LogP contribution in [0.15, 0.2) is 46.8 Å². The van der Waals surface area contributed by atoms with Gasteiger partial charge in [-0.25, -0.2) is 4.39 Å². The van der Waals surface area contributed by atoms with Crippen LogP contribution in [0.5, 0.6) is 0 Å². The molecule has 0 radical (unpaired) electrons. The summed E-state index contributed by atoms with van der Waals surface area (Å²) >= 11 is 1.43. The van der Waals surface area contributed by atoms with Crippen molar-refractivity contribution in [2.24, 2.45) is 4.99 Å². The zero-order valence-corrected chi connectivity index (χ0v) is 21.3. The molecule has 0 spiro atoms. The molecule has 1 aliphatic rings. The number of morpholine rings is 1. The first-order valence-electron chi connectivity index (χ1n) is 10.5. The molecule has 3 rings (SSSR count). The highest BCUT2D eigenvalue weighted by molar-refractivity contribution is 14.0. The molecule has 1 aromatic heterocycles. The molecule has 1 unspecified atom stereocenters. The molecule has 0 aliphatic carbocycles. The highest BCUT2D eigenvalue weighted by Crippen LogP contribution is 2.21. The van der Waals surface area contributed by atoms with Crippen LogP contribution in [0.3, 0.4) is 0 Å². The molecular weight excluding hydrogens is 544 g/mol. The van der Waals surface area contributed by atoms with Gasteiger partial charge in [-0.15, -0.1) is 35.3 Å². The number of carbonyl (C=O) groups is 1. The number of nitrogens with one attached hydrogen (secondary N) is 3. The predicted molar refractivity (Wildman–Crippen MR) is 138 cm³/mol. The van der Waals surface area contributed by atoms with Crippen LogP contribution in [0.25, 0.3) is 0 Å². The van der Waals surface area contributed by atoms with Gasteiger partial charge >= 0.3 is 0 Å². The molecule has 1 aromatic carbocycles. The highest BCUT2D eigenvalue weighted by Gasteiger charge is 2.23. The fourth-order valence-corrected chi connectivity index (χ4v) is 4.08. The number of halogens is 2. The van der Waals surface area contributed by atoms with Crippen molar-refractivity contribution in [3.63, 3.8) is 0 Å². The van der Waals surface area contributed by atoms with Gasteiger partial charge in [-0.1, -0.05) is 18.2 Å². The summed E-state index contributed by atoms with van der Waals surface area (Å²) in [7, 11) is 1.73. The van der Waals surface area contributed by atoms with Gasteiger partial charge in [0.25, 0.3) is 5.91 Å². The number of benzene rings is 1. The lowest BCUT2D eigenvalue weighted by Gasteiger charge is -2.35. The van der Waals surface area contributed by atoms with Gasteiger partial charge in [0.15, 0.2) is 5.96 Å². The number of amides is 1. The maximum absolute atomic E-state index is 13.4. The van der Waals surface area contributed by atoms with Crippen LogP contribution in [0.4, 0.5) is 4.39 Å². The molecule has 2 heterocycles. The third-order valence-electron chi connectivity index (χ3n) is 5.10. The molecule has 176 valence electrons. The summed E-state index contributed by atoms with van der Waals surface area (Å²) in [6.45, 7) is 4.97. The Morgan fingerprint density at radius 3 is 2.53 bits per heavy atom. The summed E-state index contributed by atoms with van der Waals surface area (Å²) in [4.78, 5) is 19.3. The lowest BCUT2D eigenvalue weighted by Crippen LogP contribution is -2.46. The maximum Gasteiger partial charge on any atom is 0.261 e. The molecule has 1 amide bonds. The van der Waals surface area contributed by atoms with Crippen molar-refractivity contribution in [2.45, 2.75) is 12.5 Å². The fourth-order valence-electron chi connectivity index (χ4n) is 3.44. The number of hydrogen-bond donors (Lipinski definition) is 3. The minimum Gasteiger partial charge on any atom is -0.379 e. The number of guanidine groups is 1. The van der Waals surface area contributed by atoms with Gasteiger partial charge in [-0.05, 0) is 35.6 Å². The van der Waals surface area contributed by atoms with E-state index in [1.54, 1.807) is 7.05 Å². The minimum atomic E-state index is -0.235. The summed E-state index contributed by atoms with van der Waals surface area (Å²) < 4.78 is 18.9. The van der Waals surface area contributed by atoms with E-state index in [0.29, 0.717) is 38.8 Å². The quantitative estimate of drug-likeness (QED) is 0.186. The van der Waals surface area contributed by atoms with Crippen molar-refractivity contribution in [1.82, 2.24) is 20.9 Å². The molecule has 7 nitrogen and oxygen atoms in total. The van der Waals surface area contributed by atoms with Crippen molar-refractivity contribution in [2.75, 3.05) is 53.0 Å². The van der Waals surface area contributed by atoms with Crippen molar-refractivity contribution < 1.29 is 13.9 Å². The summed E-state index contributed by atoms with van der Waals surface area (Å²) in [6, 6.07) is 10.4. The molecule has 1 aliphatic heterocycles. The standard InChI is InChI=1S/C22H30FN5O2S.HI/c1-24-22(26-10-3-9-25-21(29)20-4-2-15-31-20)27-16-19(28-11-13-30-14-12-28)17-5-7-18(23)8-6-17;/h2,4-8,15,19H,3,9-14,16H2,1H3,(H,25,29)(H2,24,26,27);1H. The Hall–Kier alpha value is -1.76. The minimum absolute atomic E-state index is 0. The Balaban J connectivity index is 0.00000363. The van der Waals surface area contributed by atoms with E-state index in [2.05, 4.69) is 25.8 Å². The number of rotatable bonds is 9. The Labute approximate surface area is 209 Å². The van der Waals surface area contributed by atoms with E-state index >= 15 is 0 Å². The van der Waals surface area contributed by atoms with Gasteiger partial charge in [0.05, 0.1) is 24.1 Å². The van der Waals surface area contributed by atoms with Crippen molar-refractivity contribution >= 4 is 47.2 Å². The normalized spacial score (nSPS) is 15.5. The van der Waals surface area contributed by atoms with Crippen LogP contribution in [0.2, 0.25) is 0 Å². The van der Waals surface area contributed by atoms with Gasteiger partial charge < -0.3 is 20.7 Å². The number of ether oxygens (including phenoxy) is 1. The number of carbonyl (C=O) groups excluding carboxylic acids is 1.